The summed E-state index contributed by atoms with van der Waals surface area (Å²) in [5.41, 5.74) is 1.73. The molecule has 1 heterocycles. The van der Waals surface area contributed by atoms with Crippen molar-refractivity contribution in [3.8, 4) is 0 Å². The van der Waals surface area contributed by atoms with Crippen LogP contribution in [-0.2, 0) is 16.6 Å². The van der Waals surface area contributed by atoms with Crippen LogP contribution in [0.5, 0.6) is 0 Å². The Kier molecular flexibility index (Phi) is 6.93. The van der Waals surface area contributed by atoms with Gasteiger partial charge in [0.05, 0.1) is 6.04 Å². The Labute approximate surface area is 150 Å². The number of hydrogen-bond donors (Lipinski definition) is 2. The zero-order chi connectivity index (χ0) is 18.2. The van der Waals surface area contributed by atoms with Gasteiger partial charge in [0.15, 0.2) is 0 Å². The summed E-state index contributed by atoms with van der Waals surface area (Å²) in [5.74, 6) is 0.553. The van der Waals surface area contributed by atoms with Crippen LogP contribution < -0.4 is 10.6 Å². The maximum Gasteiger partial charge on any atom is 0.224 e. The van der Waals surface area contributed by atoms with Gasteiger partial charge in [0, 0.05) is 31.3 Å². The molecule has 8 nitrogen and oxygen atoms in total. The Bertz CT molecular complexity index is 716. The van der Waals surface area contributed by atoms with Crippen LogP contribution in [0.25, 0.3) is 0 Å². The normalized spacial score (nSPS) is 11.8. The van der Waals surface area contributed by atoms with E-state index in [0.717, 1.165) is 11.3 Å². The number of aryl methyl sites for hydroxylation is 1. The van der Waals surface area contributed by atoms with Crippen LogP contribution >= 0.6 is 11.8 Å². The Morgan fingerprint density at radius 1 is 1.24 bits per heavy atom. The van der Waals surface area contributed by atoms with E-state index in [1.165, 1.54) is 11.8 Å². The second-order valence-corrected chi connectivity index (χ2v) is 6.56. The first-order valence-corrected chi connectivity index (χ1v) is 9.02. The lowest BCUT2D eigenvalue weighted by atomic mass is 10.1. The zero-order valence-corrected chi connectivity index (χ0v) is 15.3. The molecule has 0 unspecified atom stereocenters. The Balaban J connectivity index is 1.78. The van der Waals surface area contributed by atoms with Crippen molar-refractivity contribution in [2.45, 2.75) is 37.9 Å². The number of tetrazole rings is 1. The average molecular weight is 362 g/mol. The van der Waals surface area contributed by atoms with E-state index in [1.54, 1.807) is 18.7 Å². The third-order valence-corrected chi connectivity index (χ3v) is 4.55. The van der Waals surface area contributed by atoms with Crippen LogP contribution in [-0.4, -0.2) is 37.8 Å². The molecule has 0 aliphatic heterocycles. The number of carbonyl (C=O) groups is 2. The molecule has 0 aliphatic rings. The quantitative estimate of drug-likeness (QED) is 0.696. The minimum atomic E-state index is -0.107. The van der Waals surface area contributed by atoms with Gasteiger partial charge in [-0.1, -0.05) is 30.8 Å². The van der Waals surface area contributed by atoms with Crippen LogP contribution in [0.2, 0.25) is 0 Å². The molecule has 0 spiro atoms. The number of nitrogens with one attached hydrogen (secondary N) is 2. The van der Waals surface area contributed by atoms with Crippen molar-refractivity contribution < 1.29 is 9.59 Å². The number of amides is 2. The van der Waals surface area contributed by atoms with Crippen LogP contribution in [0.3, 0.4) is 0 Å². The molecule has 2 aromatic rings. The fraction of sp³-hybridized carbons (Fsp3) is 0.438. The molecule has 134 valence electrons. The highest BCUT2D eigenvalue weighted by Gasteiger charge is 2.11. The van der Waals surface area contributed by atoms with Gasteiger partial charge < -0.3 is 10.6 Å². The van der Waals surface area contributed by atoms with Gasteiger partial charge >= 0.3 is 0 Å². The van der Waals surface area contributed by atoms with Crippen molar-refractivity contribution in [3.63, 3.8) is 0 Å². The van der Waals surface area contributed by atoms with Crippen molar-refractivity contribution in [1.82, 2.24) is 25.5 Å². The molecular formula is C16H22N6O2S. The molecule has 0 bridgehead atoms. The minimum absolute atomic E-state index is 0.0234. The molecule has 2 N–H and O–H groups in total. The summed E-state index contributed by atoms with van der Waals surface area (Å²) in [4.78, 5) is 23.4. The van der Waals surface area contributed by atoms with Gasteiger partial charge in [0.1, 0.15) is 0 Å². The van der Waals surface area contributed by atoms with E-state index in [0.29, 0.717) is 23.8 Å². The monoisotopic (exact) mass is 362 g/mol. The number of hydrogen-bond acceptors (Lipinski definition) is 6. The molecule has 1 aromatic carbocycles. The maximum atomic E-state index is 12.1. The number of rotatable bonds is 8. The smallest absolute Gasteiger partial charge is 0.224 e. The van der Waals surface area contributed by atoms with E-state index >= 15 is 0 Å². The number of nitrogens with zero attached hydrogens (tertiary/aromatic N) is 4. The van der Waals surface area contributed by atoms with E-state index in [1.807, 2.05) is 31.2 Å². The minimum Gasteiger partial charge on any atom is -0.350 e. The second-order valence-electron chi connectivity index (χ2n) is 5.50. The van der Waals surface area contributed by atoms with Crippen LogP contribution in [0.15, 0.2) is 29.4 Å². The van der Waals surface area contributed by atoms with Crippen molar-refractivity contribution in [1.29, 1.82) is 0 Å². The molecule has 0 radical (unpaired) electrons. The number of anilines is 1. The molecule has 0 aliphatic carbocycles. The lowest BCUT2D eigenvalue weighted by molar-refractivity contribution is -0.121. The van der Waals surface area contributed by atoms with E-state index in [2.05, 4.69) is 26.2 Å². The summed E-state index contributed by atoms with van der Waals surface area (Å²) in [5, 5.41) is 17.6. The summed E-state index contributed by atoms with van der Waals surface area (Å²) in [6.45, 7) is 3.73. The number of aromatic nitrogens is 4. The van der Waals surface area contributed by atoms with E-state index < -0.39 is 0 Å². The highest BCUT2D eigenvalue weighted by molar-refractivity contribution is 7.99. The van der Waals surface area contributed by atoms with Crippen molar-refractivity contribution in [2.75, 3.05) is 11.1 Å². The zero-order valence-electron chi connectivity index (χ0n) is 14.5. The molecule has 1 atom stereocenters. The molecule has 2 amide bonds. The Hall–Kier alpha value is -2.42. The van der Waals surface area contributed by atoms with Crippen molar-refractivity contribution in [3.05, 3.63) is 29.8 Å². The van der Waals surface area contributed by atoms with E-state index in [9.17, 15) is 9.59 Å². The number of benzene rings is 1. The highest BCUT2D eigenvalue weighted by Crippen LogP contribution is 2.17. The second kappa shape index (κ2) is 9.16. The lowest BCUT2D eigenvalue weighted by Gasteiger charge is -2.15. The molecule has 25 heavy (non-hydrogen) atoms. The van der Waals surface area contributed by atoms with Gasteiger partial charge in [-0.3, -0.25) is 9.59 Å². The molecular weight excluding hydrogens is 340 g/mol. The number of thioether (sulfide) groups is 1. The summed E-state index contributed by atoms with van der Waals surface area (Å²) >= 11 is 1.44. The summed E-state index contributed by atoms with van der Waals surface area (Å²) < 4.78 is 1.57. The predicted molar refractivity (Wildman–Crippen MR) is 96.1 cm³/mol. The molecule has 2 rings (SSSR count). The maximum absolute atomic E-state index is 12.1. The number of carbonyl (C=O) groups excluding carboxylic acids is 2. The van der Waals surface area contributed by atoms with E-state index in [4.69, 9.17) is 0 Å². The van der Waals surface area contributed by atoms with Crippen LogP contribution in [0.4, 0.5) is 5.69 Å². The largest absolute Gasteiger partial charge is 0.350 e. The summed E-state index contributed by atoms with van der Waals surface area (Å²) in [6.07, 6.45) is 0.823. The summed E-state index contributed by atoms with van der Waals surface area (Å²) in [6, 6.07) is 7.36. The van der Waals surface area contributed by atoms with Crippen LogP contribution in [0, 0.1) is 0 Å². The molecule has 0 saturated carbocycles. The van der Waals surface area contributed by atoms with Gasteiger partial charge in [-0.2, -0.15) is 0 Å². The highest BCUT2D eigenvalue weighted by atomic mass is 32.2. The van der Waals surface area contributed by atoms with Gasteiger partial charge in [-0.05, 0) is 35.0 Å². The van der Waals surface area contributed by atoms with Crippen molar-refractivity contribution >= 4 is 29.3 Å². The van der Waals surface area contributed by atoms with E-state index in [-0.39, 0.29) is 17.9 Å². The third-order valence-electron chi connectivity index (χ3n) is 3.53. The summed E-state index contributed by atoms with van der Waals surface area (Å²) in [7, 11) is 1.76. The van der Waals surface area contributed by atoms with Gasteiger partial charge in [0.2, 0.25) is 17.0 Å². The molecule has 0 fully saturated rings. The fourth-order valence-electron chi connectivity index (χ4n) is 2.08. The fourth-order valence-corrected chi connectivity index (χ4v) is 2.87. The van der Waals surface area contributed by atoms with Gasteiger partial charge in [0.25, 0.3) is 0 Å². The Morgan fingerprint density at radius 2 is 1.96 bits per heavy atom. The standard InChI is InChI=1S/C16H22N6O2S/c1-4-14(23)18-13-7-5-12(6-8-13)11(2)17-15(24)9-10-25-16-19-20-21-22(16)3/h5-8,11H,4,9-10H2,1-3H3,(H,17,24)(H,18,23)/t11-/m0/s1. The Morgan fingerprint density at radius 3 is 2.56 bits per heavy atom. The van der Waals surface area contributed by atoms with Crippen molar-refractivity contribution in [2.24, 2.45) is 7.05 Å². The first-order chi connectivity index (χ1) is 12.0. The first-order valence-electron chi connectivity index (χ1n) is 8.04. The molecule has 9 heteroatoms. The van der Waals surface area contributed by atoms with Gasteiger partial charge in [-0.15, -0.1) is 5.10 Å². The lowest BCUT2D eigenvalue weighted by Crippen LogP contribution is -2.26. The topological polar surface area (TPSA) is 102 Å². The first kappa shape index (κ1) is 18.9. The van der Waals surface area contributed by atoms with Gasteiger partial charge in [-0.25, -0.2) is 4.68 Å². The third kappa shape index (κ3) is 5.86. The molecule has 1 aromatic heterocycles. The SMILES string of the molecule is CCC(=O)Nc1ccc([C@H](C)NC(=O)CCSc2nnnn2C)cc1. The molecule has 0 saturated heterocycles. The average Bonchev–Trinajstić information content (AvgIpc) is 3.00. The predicted octanol–water partition coefficient (Wildman–Crippen LogP) is 1.92. The van der Waals surface area contributed by atoms with Crippen LogP contribution in [0.1, 0.15) is 38.3 Å².